The normalized spacial score (nSPS) is 10.3. The van der Waals surface area contributed by atoms with Gasteiger partial charge in [0.2, 0.25) is 5.91 Å². The molecular formula is C26H30N2O5. The lowest BCUT2D eigenvalue weighted by Gasteiger charge is -2.11. The highest BCUT2D eigenvalue weighted by Gasteiger charge is 2.04. The van der Waals surface area contributed by atoms with Gasteiger partial charge in [-0.1, -0.05) is 24.3 Å². The van der Waals surface area contributed by atoms with Crippen LogP contribution in [0.4, 0.5) is 11.4 Å². The van der Waals surface area contributed by atoms with E-state index in [1.54, 1.807) is 12.1 Å². The van der Waals surface area contributed by atoms with Crippen molar-refractivity contribution in [1.29, 1.82) is 0 Å². The van der Waals surface area contributed by atoms with Crippen LogP contribution < -0.4 is 24.8 Å². The number of hydrogen-bond acceptors (Lipinski definition) is 6. The summed E-state index contributed by atoms with van der Waals surface area (Å²) in [6.45, 7) is 4.66. The second kappa shape index (κ2) is 13.6. The minimum absolute atomic E-state index is 0.136. The number of para-hydroxylation sites is 1. The topological polar surface area (TPSA) is 78.1 Å². The lowest BCUT2D eigenvalue weighted by atomic mass is 10.3. The zero-order valence-corrected chi connectivity index (χ0v) is 18.8. The summed E-state index contributed by atoms with van der Waals surface area (Å²) in [6.07, 6.45) is 0. The molecule has 0 heterocycles. The molecule has 0 aliphatic carbocycles. The Labute approximate surface area is 194 Å². The monoisotopic (exact) mass is 450 g/mol. The highest BCUT2D eigenvalue weighted by atomic mass is 16.5. The Morgan fingerprint density at radius 2 is 1.33 bits per heavy atom. The molecule has 3 aromatic rings. The molecule has 7 heteroatoms. The van der Waals surface area contributed by atoms with Crippen LogP contribution in [0.15, 0.2) is 78.9 Å². The van der Waals surface area contributed by atoms with Gasteiger partial charge in [0.05, 0.1) is 13.2 Å². The van der Waals surface area contributed by atoms with Crippen molar-refractivity contribution in [1.82, 2.24) is 0 Å². The molecule has 0 spiro atoms. The summed E-state index contributed by atoms with van der Waals surface area (Å²) in [7, 11) is 0. The Hall–Kier alpha value is -3.71. The van der Waals surface area contributed by atoms with E-state index in [-0.39, 0.29) is 12.5 Å². The average molecular weight is 451 g/mol. The molecule has 0 aliphatic rings. The lowest BCUT2D eigenvalue weighted by molar-refractivity contribution is -0.114. The largest absolute Gasteiger partial charge is 0.491 e. The number of nitrogens with one attached hydrogen (secondary N) is 2. The molecule has 0 unspecified atom stereocenters. The van der Waals surface area contributed by atoms with Gasteiger partial charge >= 0.3 is 0 Å². The maximum Gasteiger partial charge on any atom is 0.243 e. The minimum Gasteiger partial charge on any atom is -0.491 e. The smallest absolute Gasteiger partial charge is 0.243 e. The molecule has 0 atom stereocenters. The zero-order valence-electron chi connectivity index (χ0n) is 18.8. The van der Waals surface area contributed by atoms with Gasteiger partial charge in [0.15, 0.2) is 0 Å². The predicted molar refractivity (Wildman–Crippen MR) is 129 cm³/mol. The van der Waals surface area contributed by atoms with E-state index in [9.17, 15) is 4.79 Å². The van der Waals surface area contributed by atoms with E-state index >= 15 is 0 Å². The number of anilines is 2. The maximum absolute atomic E-state index is 12.3. The first kappa shape index (κ1) is 23.9. The van der Waals surface area contributed by atoms with Gasteiger partial charge in [-0.2, -0.15) is 0 Å². The first-order valence-corrected chi connectivity index (χ1v) is 11.0. The summed E-state index contributed by atoms with van der Waals surface area (Å²) < 4.78 is 22.2. The van der Waals surface area contributed by atoms with Crippen LogP contribution in [0.2, 0.25) is 0 Å². The molecule has 2 N–H and O–H groups in total. The second-order valence-electron chi connectivity index (χ2n) is 7.01. The van der Waals surface area contributed by atoms with E-state index in [1.807, 2.05) is 73.7 Å². The molecule has 33 heavy (non-hydrogen) atoms. The third kappa shape index (κ3) is 9.13. The van der Waals surface area contributed by atoms with E-state index in [0.29, 0.717) is 44.5 Å². The van der Waals surface area contributed by atoms with E-state index in [4.69, 9.17) is 18.9 Å². The van der Waals surface area contributed by atoms with Crippen molar-refractivity contribution in [3.63, 3.8) is 0 Å². The van der Waals surface area contributed by atoms with Gasteiger partial charge in [0.25, 0.3) is 0 Å². The van der Waals surface area contributed by atoms with E-state index in [2.05, 4.69) is 10.6 Å². The van der Waals surface area contributed by atoms with Crippen LogP contribution in [-0.4, -0.2) is 45.5 Å². The molecule has 3 aromatic carbocycles. The number of carbonyl (C=O) groups is 1. The minimum atomic E-state index is -0.150. The average Bonchev–Trinajstić information content (AvgIpc) is 2.85. The zero-order chi connectivity index (χ0) is 23.1. The molecule has 3 rings (SSSR count). The van der Waals surface area contributed by atoms with Crippen LogP contribution >= 0.6 is 0 Å². The molecule has 1 amide bonds. The standard InChI is InChI=1S/C26H30N2O5/c1-2-30-15-16-33-25-10-6-7-22(19-25)27-20-26(29)28-21-11-13-24(14-12-21)32-18-17-31-23-8-4-3-5-9-23/h3-14,19,27H,2,15-18,20H2,1H3,(H,28,29). The fourth-order valence-corrected chi connectivity index (χ4v) is 2.92. The summed E-state index contributed by atoms with van der Waals surface area (Å²) in [4.78, 5) is 12.3. The van der Waals surface area contributed by atoms with Gasteiger partial charge in [0, 0.05) is 24.0 Å². The fourth-order valence-electron chi connectivity index (χ4n) is 2.92. The molecule has 174 valence electrons. The summed E-state index contributed by atoms with van der Waals surface area (Å²) in [5.74, 6) is 2.10. The molecular weight excluding hydrogens is 420 g/mol. The summed E-state index contributed by atoms with van der Waals surface area (Å²) >= 11 is 0. The van der Waals surface area contributed by atoms with E-state index in [1.165, 1.54) is 0 Å². The number of benzene rings is 3. The van der Waals surface area contributed by atoms with Gasteiger partial charge in [-0.05, 0) is 55.5 Å². The van der Waals surface area contributed by atoms with Crippen molar-refractivity contribution in [3.8, 4) is 17.2 Å². The van der Waals surface area contributed by atoms with E-state index in [0.717, 1.165) is 17.2 Å². The predicted octanol–water partition coefficient (Wildman–Crippen LogP) is 4.61. The summed E-state index contributed by atoms with van der Waals surface area (Å²) in [5.41, 5.74) is 1.50. The third-order valence-corrected chi connectivity index (χ3v) is 4.49. The van der Waals surface area contributed by atoms with Crippen molar-refractivity contribution in [2.45, 2.75) is 6.92 Å². The Bertz CT molecular complexity index is 964. The molecule has 0 aliphatic heterocycles. The first-order valence-electron chi connectivity index (χ1n) is 11.0. The lowest BCUT2D eigenvalue weighted by Crippen LogP contribution is -2.21. The molecule has 7 nitrogen and oxygen atoms in total. The highest BCUT2D eigenvalue weighted by Crippen LogP contribution is 2.18. The van der Waals surface area contributed by atoms with Gasteiger partial charge in [-0.3, -0.25) is 4.79 Å². The first-order chi connectivity index (χ1) is 16.2. The van der Waals surface area contributed by atoms with Crippen LogP contribution in [0, 0.1) is 0 Å². The SMILES string of the molecule is CCOCCOc1cccc(NCC(=O)Nc2ccc(OCCOc3ccccc3)cc2)c1. The number of amides is 1. The van der Waals surface area contributed by atoms with Gasteiger partial charge in [0.1, 0.15) is 37.1 Å². The van der Waals surface area contributed by atoms with E-state index < -0.39 is 0 Å². The molecule has 0 fully saturated rings. The molecule has 0 radical (unpaired) electrons. The number of ether oxygens (including phenoxy) is 4. The van der Waals surface area contributed by atoms with Gasteiger partial charge < -0.3 is 29.6 Å². The molecule has 0 aromatic heterocycles. The quantitative estimate of drug-likeness (QED) is 0.349. The van der Waals surface area contributed by atoms with Gasteiger partial charge in [-0.15, -0.1) is 0 Å². The van der Waals surface area contributed by atoms with Crippen LogP contribution in [0.3, 0.4) is 0 Å². The highest BCUT2D eigenvalue weighted by molar-refractivity contribution is 5.93. The molecule has 0 saturated heterocycles. The van der Waals surface area contributed by atoms with Crippen molar-refractivity contribution >= 4 is 17.3 Å². The Morgan fingerprint density at radius 3 is 2.06 bits per heavy atom. The fraction of sp³-hybridized carbons (Fsp3) is 0.269. The molecule has 0 bridgehead atoms. The second-order valence-corrected chi connectivity index (χ2v) is 7.01. The number of rotatable bonds is 14. The van der Waals surface area contributed by atoms with Crippen molar-refractivity contribution < 1.29 is 23.7 Å². The van der Waals surface area contributed by atoms with Crippen molar-refractivity contribution in [2.75, 3.05) is 50.2 Å². The van der Waals surface area contributed by atoms with Crippen molar-refractivity contribution in [2.24, 2.45) is 0 Å². The Kier molecular flexibility index (Phi) is 9.90. The van der Waals surface area contributed by atoms with Crippen LogP contribution in [0.25, 0.3) is 0 Å². The summed E-state index contributed by atoms with van der Waals surface area (Å²) in [6, 6.07) is 24.3. The third-order valence-electron chi connectivity index (χ3n) is 4.49. The maximum atomic E-state index is 12.3. The Morgan fingerprint density at radius 1 is 0.697 bits per heavy atom. The van der Waals surface area contributed by atoms with Gasteiger partial charge in [-0.25, -0.2) is 0 Å². The number of carbonyl (C=O) groups excluding carboxylic acids is 1. The van der Waals surface area contributed by atoms with Crippen molar-refractivity contribution in [3.05, 3.63) is 78.9 Å². The van der Waals surface area contributed by atoms with Crippen LogP contribution in [0.1, 0.15) is 6.92 Å². The molecule has 0 saturated carbocycles. The summed E-state index contributed by atoms with van der Waals surface area (Å²) in [5, 5.41) is 5.97. The van der Waals surface area contributed by atoms with Crippen LogP contribution in [0.5, 0.6) is 17.2 Å². The van der Waals surface area contributed by atoms with Crippen LogP contribution in [-0.2, 0) is 9.53 Å². The Balaban J connectivity index is 1.35. The number of hydrogen-bond donors (Lipinski definition) is 2.